The number of amides is 4. The summed E-state index contributed by atoms with van der Waals surface area (Å²) in [4.78, 5) is 65.3. The van der Waals surface area contributed by atoms with Crippen LogP contribution in [0.4, 0.5) is 10.5 Å². The summed E-state index contributed by atoms with van der Waals surface area (Å²) in [7, 11) is 1.59. The first-order chi connectivity index (χ1) is 15.9. The smallest absolute Gasteiger partial charge is 0.327 e. The second-order valence-corrected chi connectivity index (χ2v) is 10.1. The van der Waals surface area contributed by atoms with Gasteiger partial charge in [-0.3, -0.25) is 24.1 Å². The van der Waals surface area contributed by atoms with Gasteiger partial charge in [0.1, 0.15) is 12.1 Å². The van der Waals surface area contributed by atoms with Crippen molar-refractivity contribution >= 4 is 35.3 Å². The quantitative estimate of drug-likeness (QED) is 0.387. The number of hydrogen-bond acceptors (Lipinski definition) is 6. The van der Waals surface area contributed by atoms with Crippen LogP contribution in [0.3, 0.4) is 0 Å². The molecule has 9 heteroatoms. The number of hydrogen-bond donors (Lipinski definition) is 1. The van der Waals surface area contributed by atoms with Crippen LogP contribution in [0.15, 0.2) is 24.3 Å². The number of nitrogens with one attached hydrogen (secondary N) is 1. The van der Waals surface area contributed by atoms with E-state index in [9.17, 15) is 24.0 Å². The molecule has 2 aliphatic rings. The van der Waals surface area contributed by atoms with Crippen molar-refractivity contribution in [3.05, 3.63) is 29.8 Å². The maximum Gasteiger partial charge on any atom is 0.327 e. The summed E-state index contributed by atoms with van der Waals surface area (Å²) >= 11 is 0. The summed E-state index contributed by atoms with van der Waals surface area (Å²) in [5.41, 5.74) is -0.571. The van der Waals surface area contributed by atoms with Crippen molar-refractivity contribution in [2.75, 3.05) is 18.9 Å². The van der Waals surface area contributed by atoms with Gasteiger partial charge in [0.2, 0.25) is 11.7 Å². The van der Waals surface area contributed by atoms with E-state index >= 15 is 0 Å². The zero-order chi connectivity index (χ0) is 25.3. The van der Waals surface area contributed by atoms with Gasteiger partial charge in [-0.2, -0.15) is 0 Å². The fourth-order valence-electron chi connectivity index (χ4n) is 4.36. The lowest BCUT2D eigenvalue weighted by molar-refractivity contribution is -0.150. The van der Waals surface area contributed by atoms with E-state index in [0.29, 0.717) is 24.1 Å². The van der Waals surface area contributed by atoms with Crippen molar-refractivity contribution in [1.29, 1.82) is 0 Å². The molecular weight excluding hydrogens is 438 g/mol. The number of urea groups is 1. The molecule has 0 bridgehead atoms. The van der Waals surface area contributed by atoms with Gasteiger partial charge in [-0.1, -0.05) is 40.0 Å². The van der Waals surface area contributed by atoms with E-state index in [4.69, 9.17) is 4.74 Å². The molecule has 4 amide bonds. The van der Waals surface area contributed by atoms with Crippen LogP contribution in [0.2, 0.25) is 0 Å². The highest BCUT2D eigenvalue weighted by Gasteiger charge is 2.56. The third-order valence-electron chi connectivity index (χ3n) is 6.56. The number of ether oxygens (including phenoxy) is 1. The summed E-state index contributed by atoms with van der Waals surface area (Å²) in [5, 5.41) is 2.78. The Kier molecular flexibility index (Phi) is 7.14. The third-order valence-corrected chi connectivity index (χ3v) is 6.56. The minimum atomic E-state index is -1.10. The maximum absolute atomic E-state index is 13.0. The van der Waals surface area contributed by atoms with E-state index < -0.39 is 41.4 Å². The van der Waals surface area contributed by atoms with E-state index in [2.05, 4.69) is 5.32 Å². The number of carbonyl (C=O) groups excluding carboxylic acids is 5. The van der Waals surface area contributed by atoms with Crippen LogP contribution in [0.1, 0.15) is 70.2 Å². The fraction of sp³-hybridized carbons (Fsp3) is 0.560. The van der Waals surface area contributed by atoms with Crippen molar-refractivity contribution in [1.82, 2.24) is 9.80 Å². The summed E-state index contributed by atoms with van der Waals surface area (Å²) in [6, 6.07) is 5.77. The SMILES string of the molecule is CC(OC(=O)CN1C(=O)N(C)C2(CCCCC2)C1=O)C(=O)c1ccc(NC(=O)C(C)(C)C)cc1. The zero-order valence-corrected chi connectivity index (χ0v) is 20.5. The average Bonchev–Trinajstić information content (AvgIpc) is 2.95. The van der Waals surface area contributed by atoms with Gasteiger partial charge in [0.25, 0.3) is 5.91 Å². The first-order valence-corrected chi connectivity index (χ1v) is 11.6. The number of ketones is 1. The monoisotopic (exact) mass is 471 g/mol. The highest BCUT2D eigenvalue weighted by molar-refractivity contribution is 6.09. The van der Waals surface area contributed by atoms with Gasteiger partial charge in [-0.15, -0.1) is 0 Å². The van der Waals surface area contributed by atoms with Crippen LogP contribution in [-0.2, 0) is 19.1 Å². The Labute approximate surface area is 199 Å². The van der Waals surface area contributed by atoms with Gasteiger partial charge in [-0.25, -0.2) is 4.79 Å². The second kappa shape index (κ2) is 9.56. The van der Waals surface area contributed by atoms with Crippen molar-refractivity contribution in [2.24, 2.45) is 5.41 Å². The van der Waals surface area contributed by atoms with Gasteiger partial charge in [0, 0.05) is 23.7 Å². The van der Waals surface area contributed by atoms with Crippen LogP contribution in [0.25, 0.3) is 0 Å². The number of anilines is 1. The Hall–Kier alpha value is -3.23. The lowest BCUT2D eigenvalue weighted by Crippen LogP contribution is -2.49. The molecule has 1 unspecified atom stereocenters. The number of benzene rings is 1. The largest absolute Gasteiger partial charge is 0.453 e. The molecule has 2 fully saturated rings. The molecule has 1 saturated carbocycles. The Bertz CT molecular complexity index is 989. The van der Waals surface area contributed by atoms with Gasteiger partial charge in [0.05, 0.1) is 0 Å². The number of esters is 1. The minimum Gasteiger partial charge on any atom is -0.453 e. The maximum atomic E-state index is 13.0. The van der Waals surface area contributed by atoms with E-state index in [-0.39, 0.29) is 11.8 Å². The standard InChI is InChI=1S/C25H33N3O6/c1-16(20(30)17-9-11-18(12-10-17)26-21(31)24(2,3)4)34-19(29)15-28-22(32)25(27(5)23(28)33)13-7-6-8-14-25/h9-12,16H,6-8,13-15H2,1-5H3,(H,26,31). The zero-order valence-electron chi connectivity index (χ0n) is 20.5. The van der Waals surface area contributed by atoms with Gasteiger partial charge >= 0.3 is 12.0 Å². The number of likely N-dealkylation sites (N-methyl/N-ethyl adjacent to an activating group) is 1. The van der Waals surface area contributed by atoms with E-state index in [1.54, 1.807) is 52.1 Å². The lowest BCUT2D eigenvalue weighted by Gasteiger charge is -2.35. The number of nitrogens with zero attached hydrogens (tertiary/aromatic N) is 2. The average molecular weight is 472 g/mol. The highest BCUT2D eigenvalue weighted by Crippen LogP contribution is 2.39. The third kappa shape index (κ3) is 4.98. The molecule has 0 radical (unpaired) electrons. The molecule has 1 saturated heterocycles. The second-order valence-electron chi connectivity index (χ2n) is 10.1. The van der Waals surface area contributed by atoms with Crippen LogP contribution in [-0.4, -0.2) is 64.6 Å². The van der Waals surface area contributed by atoms with Crippen LogP contribution in [0.5, 0.6) is 0 Å². The molecule has 1 aromatic carbocycles. The molecule has 34 heavy (non-hydrogen) atoms. The fourth-order valence-corrected chi connectivity index (χ4v) is 4.36. The molecule has 1 aromatic rings. The number of rotatable bonds is 6. The molecule has 1 spiro atoms. The molecule has 0 aromatic heterocycles. The predicted molar refractivity (Wildman–Crippen MR) is 125 cm³/mol. The molecule has 1 aliphatic carbocycles. The normalized spacial score (nSPS) is 18.7. The number of carbonyl (C=O) groups is 5. The van der Waals surface area contributed by atoms with Crippen molar-refractivity contribution < 1.29 is 28.7 Å². The molecule has 184 valence electrons. The molecule has 1 aliphatic heterocycles. The predicted octanol–water partition coefficient (Wildman–Crippen LogP) is 3.38. The Morgan fingerprint density at radius 1 is 1.06 bits per heavy atom. The Balaban J connectivity index is 1.59. The van der Waals surface area contributed by atoms with Gasteiger partial charge < -0.3 is 15.0 Å². The van der Waals surface area contributed by atoms with E-state index in [1.807, 2.05) is 0 Å². The molecule has 9 nitrogen and oxygen atoms in total. The van der Waals surface area contributed by atoms with Crippen LogP contribution in [0, 0.1) is 5.41 Å². The van der Waals surface area contributed by atoms with Gasteiger partial charge in [0.15, 0.2) is 6.10 Å². The minimum absolute atomic E-state index is 0.152. The van der Waals surface area contributed by atoms with Crippen LogP contribution < -0.4 is 5.32 Å². The molecule has 1 atom stereocenters. The summed E-state index contributed by atoms with van der Waals surface area (Å²) in [5.74, 6) is -1.77. The molecular formula is C25H33N3O6. The Morgan fingerprint density at radius 3 is 2.21 bits per heavy atom. The topological polar surface area (TPSA) is 113 Å². The summed E-state index contributed by atoms with van der Waals surface area (Å²) < 4.78 is 5.25. The molecule has 3 rings (SSSR count). The number of imide groups is 1. The van der Waals surface area contributed by atoms with Crippen molar-refractivity contribution in [2.45, 2.75) is 71.4 Å². The van der Waals surface area contributed by atoms with E-state index in [1.165, 1.54) is 11.8 Å². The van der Waals surface area contributed by atoms with Crippen LogP contribution >= 0.6 is 0 Å². The van der Waals surface area contributed by atoms with Crippen molar-refractivity contribution in [3.63, 3.8) is 0 Å². The summed E-state index contributed by atoms with van der Waals surface area (Å²) in [6.07, 6.45) is 2.79. The van der Waals surface area contributed by atoms with Crippen molar-refractivity contribution in [3.8, 4) is 0 Å². The summed E-state index contributed by atoms with van der Waals surface area (Å²) in [6.45, 7) is 6.31. The first kappa shape index (κ1) is 25.4. The first-order valence-electron chi connectivity index (χ1n) is 11.6. The highest BCUT2D eigenvalue weighted by atomic mass is 16.5. The lowest BCUT2D eigenvalue weighted by atomic mass is 9.81. The van der Waals surface area contributed by atoms with E-state index in [0.717, 1.165) is 24.2 Å². The molecule has 1 N–H and O–H groups in total. The van der Waals surface area contributed by atoms with Gasteiger partial charge in [-0.05, 0) is 44.0 Å². The molecule has 1 heterocycles. The number of Topliss-reactive ketones (excluding diaryl/α,β-unsaturated/α-hetero) is 1. The Morgan fingerprint density at radius 2 is 1.65 bits per heavy atom.